The topological polar surface area (TPSA) is 102 Å². The van der Waals surface area contributed by atoms with E-state index < -0.39 is 5.97 Å². The number of benzene rings is 2. The Morgan fingerprint density at radius 2 is 1.66 bits per heavy atom. The number of carbonyl (C=O) groups is 2. The van der Waals surface area contributed by atoms with E-state index >= 15 is 0 Å². The lowest BCUT2D eigenvalue weighted by Gasteiger charge is -2.04. The van der Waals surface area contributed by atoms with Crippen molar-refractivity contribution in [2.24, 2.45) is 5.92 Å². The van der Waals surface area contributed by atoms with E-state index in [0.29, 0.717) is 11.4 Å². The molecule has 3 aromatic rings. The molecular formula is C25H30N2O5. The molecule has 0 aliphatic rings. The molecule has 3 rings (SSSR count). The van der Waals surface area contributed by atoms with Crippen LogP contribution in [-0.4, -0.2) is 29.2 Å². The van der Waals surface area contributed by atoms with Crippen LogP contribution in [0.25, 0.3) is 11.3 Å². The first-order valence-corrected chi connectivity index (χ1v) is 10.7. The fraction of sp³-hybridized carbons (Fsp3) is 0.320. The summed E-state index contributed by atoms with van der Waals surface area (Å²) in [6.07, 6.45) is 2.46. The first-order valence-electron chi connectivity index (χ1n) is 10.7. The minimum atomic E-state index is -0.671. The highest BCUT2D eigenvalue weighted by molar-refractivity contribution is 6.03. The number of nitrogens with zero attached hydrogens (tertiary/aromatic N) is 1. The molecule has 7 nitrogen and oxygen atoms in total. The third kappa shape index (κ3) is 6.97. The molecule has 1 amide bonds. The van der Waals surface area contributed by atoms with E-state index in [1.807, 2.05) is 38.1 Å². The van der Waals surface area contributed by atoms with Crippen LogP contribution >= 0.6 is 0 Å². The Morgan fingerprint density at radius 1 is 1.03 bits per heavy atom. The van der Waals surface area contributed by atoms with Crippen molar-refractivity contribution < 1.29 is 24.0 Å². The number of anilines is 1. The Hall–Kier alpha value is -3.61. The number of amides is 1. The van der Waals surface area contributed by atoms with Crippen LogP contribution in [0.2, 0.25) is 0 Å². The Labute approximate surface area is 188 Å². The maximum absolute atomic E-state index is 12.2. The monoisotopic (exact) mass is 438 g/mol. The molecule has 7 heteroatoms. The van der Waals surface area contributed by atoms with Gasteiger partial charge in [-0.15, -0.1) is 0 Å². The minimum absolute atomic E-state index is 0.130. The second kappa shape index (κ2) is 12.3. The summed E-state index contributed by atoms with van der Waals surface area (Å²) in [7, 11) is 1.59. The van der Waals surface area contributed by atoms with E-state index in [1.165, 1.54) is 5.56 Å². The number of aryl methyl sites for hydroxylation is 1. The van der Waals surface area contributed by atoms with Crippen molar-refractivity contribution >= 4 is 17.6 Å². The van der Waals surface area contributed by atoms with Gasteiger partial charge < -0.3 is 19.7 Å². The second-order valence-electron chi connectivity index (χ2n) is 7.16. The van der Waals surface area contributed by atoms with Gasteiger partial charge in [0, 0.05) is 17.3 Å². The van der Waals surface area contributed by atoms with Gasteiger partial charge in [-0.3, -0.25) is 9.59 Å². The van der Waals surface area contributed by atoms with Crippen LogP contribution in [0, 0.1) is 5.92 Å². The fourth-order valence-corrected chi connectivity index (χ4v) is 2.93. The number of methoxy groups -OCH3 is 1. The summed E-state index contributed by atoms with van der Waals surface area (Å²) in [6.45, 7) is 5.88. The molecule has 0 aliphatic heterocycles. The van der Waals surface area contributed by atoms with Crippen LogP contribution in [0.3, 0.4) is 0 Å². The lowest BCUT2D eigenvalue weighted by Crippen LogP contribution is -2.11. The molecule has 0 aliphatic carbocycles. The number of carboxylic acids is 1. The van der Waals surface area contributed by atoms with Crippen molar-refractivity contribution in [2.75, 3.05) is 12.4 Å². The predicted molar refractivity (Wildman–Crippen MR) is 124 cm³/mol. The van der Waals surface area contributed by atoms with Gasteiger partial charge in [0.1, 0.15) is 5.75 Å². The van der Waals surface area contributed by atoms with Crippen LogP contribution in [0.15, 0.2) is 59.1 Å². The van der Waals surface area contributed by atoms with Gasteiger partial charge in [0.25, 0.3) is 5.91 Å². The molecule has 0 spiro atoms. The van der Waals surface area contributed by atoms with Crippen LogP contribution < -0.4 is 10.1 Å². The average Bonchev–Trinajstić information content (AvgIpc) is 3.31. The first kappa shape index (κ1) is 24.7. The van der Waals surface area contributed by atoms with Gasteiger partial charge in [-0.1, -0.05) is 50.2 Å². The van der Waals surface area contributed by atoms with E-state index in [1.54, 1.807) is 37.4 Å². The normalized spacial score (nSPS) is 10.3. The summed E-state index contributed by atoms with van der Waals surface area (Å²) < 4.78 is 10.4. The van der Waals surface area contributed by atoms with Crippen LogP contribution in [0.1, 0.15) is 49.7 Å². The number of hydrogen-bond donors (Lipinski definition) is 2. The molecule has 0 fully saturated rings. The fourth-order valence-electron chi connectivity index (χ4n) is 2.93. The molecule has 0 atom stereocenters. The number of ether oxygens (including phenoxy) is 1. The Bertz CT molecular complexity index is 990. The molecule has 2 N–H and O–H groups in total. The number of rotatable bonds is 8. The highest BCUT2D eigenvalue weighted by Gasteiger charge is 2.14. The molecule has 0 radical (unpaired) electrons. The molecule has 0 saturated heterocycles. The first-order chi connectivity index (χ1) is 15.4. The quantitative estimate of drug-likeness (QED) is 0.470. The van der Waals surface area contributed by atoms with Gasteiger partial charge in [0.05, 0.1) is 13.0 Å². The highest BCUT2D eigenvalue weighted by atomic mass is 16.5. The van der Waals surface area contributed by atoms with Gasteiger partial charge in [0.15, 0.2) is 11.5 Å². The van der Waals surface area contributed by atoms with Crippen molar-refractivity contribution in [1.29, 1.82) is 0 Å². The third-order valence-electron chi connectivity index (χ3n) is 5.07. The number of carboxylic acid groups (broad SMARTS) is 1. The summed E-state index contributed by atoms with van der Waals surface area (Å²) in [5, 5.41) is 15.0. The van der Waals surface area contributed by atoms with Gasteiger partial charge >= 0.3 is 5.97 Å². The molecule has 1 heterocycles. The van der Waals surface area contributed by atoms with Gasteiger partial charge in [-0.05, 0) is 49.1 Å². The Balaban J connectivity index is 0.000000390. The standard InChI is InChI=1S/C19H18N2O3.C6H12O2/c1-3-13-4-6-14(7-5-13)18-12-17(21-24-18)19(22)20-15-8-10-16(23-2)11-9-15;1-3-5(4-2)6(7)8/h4-12H,3H2,1-2H3,(H,20,22);5H,3-4H2,1-2H3,(H,7,8). The zero-order chi connectivity index (χ0) is 23.5. The smallest absolute Gasteiger partial charge is 0.306 e. The number of aromatic nitrogens is 1. The maximum atomic E-state index is 12.2. The molecular weight excluding hydrogens is 408 g/mol. The number of hydrogen-bond acceptors (Lipinski definition) is 5. The molecule has 0 saturated carbocycles. The van der Waals surface area contributed by atoms with Crippen molar-refractivity contribution in [3.05, 3.63) is 65.9 Å². The van der Waals surface area contributed by atoms with Gasteiger partial charge in [-0.25, -0.2) is 0 Å². The van der Waals surface area contributed by atoms with E-state index in [9.17, 15) is 9.59 Å². The zero-order valence-electron chi connectivity index (χ0n) is 18.9. The number of nitrogens with one attached hydrogen (secondary N) is 1. The Kier molecular flexibility index (Phi) is 9.47. The summed E-state index contributed by atoms with van der Waals surface area (Å²) >= 11 is 0. The van der Waals surface area contributed by atoms with Crippen molar-refractivity contribution in [1.82, 2.24) is 5.16 Å². The molecule has 32 heavy (non-hydrogen) atoms. The van der Waals surface area contributed by atoms with Crippen molar-refractivity contribution in [2.45, 2.75) is 40.0 Å². The largest absolute Gasteiger partial charge is 0.497 e. The maximum Gasteiger partial charge on any atom is 0.306 e. The van der Waals surface area contributed by atoms with Crippen LogP contribution in [0.4, 0.5) is 5.69 Å². The van der Waals surface area contributed by atoms with E-state index in [2.05, 4.69) is 17.4 Å². The predicted octanol–water partition coefficient (Wildman–Crippen LogP) is 5.67. The summed E-state index contributed by atoms with van der Waals surface area (Å²) in [4.78, 5) is 22.4. The van der Waals surface area contributed by atoms with Crippen molar-refractivity contribution in [3.8, 4) is 17.1 Å². The molecule has 1 aromatic heterocycles. The summed E-state index contributed by atoms with van der Waals surface area (Å²) in [6, 6.07) is 16.7. The van der Waals surface area contributed by atoms with Gasteiger partial charge in [-0.2, -0.15) is 0 Å². The molecule has 0 bridgehead atoms. The van der Waals surface area contributed by atoms with Gasteiger partial charge in [0.2, 0.25) is 0 Å². The molecule has 0 unspecified atom stereocenters. The number of aliphatic carboxylic acids is 1. The van der Waals surface area contributed by atoms with Crippen LogP contribution in [0.5, 0.6) is 5.75 Å². The van der Waals surface area contributed by atoms with E-state index in [4.69, 9.17) is 14.4 Å². The third-order valence-corrected chi connectivity index (χ3v) is 5.07. The minimum Gasteiger partial charge on any atom is -0.497 e. The van der Waals surface area contributed by atoms with E-state index in [0.717, 1.165) is 30.6 Å². The van der Waals surface area contributed by atoms with Crippen molar-refractivity contribution in [3.63, 3.8) is 0 Å². The Morgan fingerprint density at radius 3 is 2.12 bits per heavy atom. The van der Waals surface area contributed by atoms with Crippen LogP contribution in [-0.2, 0) is 11.2 Å². The number of carbonyl (C=O) groups excluding carboxylic acids is 1. The lowest BCUT2D eigenvalue weighted by atomic mass is 10.1. The molecule has 2 aromatic carbocycles. The highest BCUT2D eigenvalue weighted by Crippen LogP contribution is 2.22. The summed E-state index contributed by atoms with van der Waals surface area (Å²) in [5.74, 6) is 0.176. The van der Waals surface area contributed by atoms with E-state index in [-0.39, 0.29) is 17.5 Å². The lowest BCUT2D eigenvalue weighted by molar-refractivity contribution is -0.141. The SMILES string of the molecule is CCC(CC)C(=O)O.CCc1ccc(-c2cc(C(=O)Nc3ccc(OC)cc3)no2)cc1. The summed E-state index contributed by atoms with van der Waals surface area (Å²) in [5.41, 5.74) is 3.04. The second-order valence-corrected chi connectivity index (χ2v) is 7.16. The average molecular weight is 439 g/mol. The molecule has 170 valence electrons. The zero-order valence-corrected chi connectivity index (χ0v) is 18.9.